The monoisotopic (exact) mass is 377 g/mol. The van der Waals surface area contributed by atoms with Gasteiger partial charge < -0.3 is 15.4 Å². The summed E-state index contributed by atoms with van der Waals surface area (Å²) in [5.74, 6) is -0.370. The van der Waals surface area contributed by atoms with Crippen LogP contribution >= 0.6 is 11.6 Å². The first-order valence-corrected chi connectivity index (χ1v) is 9.55. The number of imidazole rings is 1. The summed E-state index contributed by atoms with van der Waals surface area (Å²) in [5, 5.41) is 12.7. The lowest BCUT2D eigenvalue weighted by Crippen LogP contribution is -2.43. The number of benzene rings is 1. The lowest BCUT2D eigenvalue weighted by Gasteiger charge is -2.17. The molecular weight excluding hydrogens is 354 g/mol. The van der Waals surface area contributed by atoms with Gasteiger partial charge in [0.2, 0.25) is 5.91 Å². The summed E-state index contributed by atoms with van der Waals surface area (Å²) < 4.78 is 0. The lowest BCUT2D eigenvalue weighted by molar-refractivity contribution is -0.142. The highest BCUT2D eigenvalue weighted by molar-refractivity contribution is 6.31. The Hall–Kier alpha value is -2.08. The first-order valence-electron chi connectivity index (χ1n) is 9.17. The Morgan fingerprint density at radius 1 is 1.27 bits per heavy atom. The van der Waals surface area contributed by atoms with Crippen LogP contribution in [0, 0.1) is 5.92 Å². The normalized spacial score (nSPS) is 17.0. The molecule has 0 saturated heterocycles. The highest BCUT2D eigenvalue weighted by Gasteiger charge is 2.24. The van der Waals surface area contributed by atoms with Crippen molar-refractivity contribution in [1.29, 1.82) is 0 Å². The molecule has 7 heteroatoms. The van der Waals surface area contributed by atoms with Crippen LogP contribution in [0.25, 0.3) is 11.0 Å². The van der Waals surface area contributed by atoms with Gasteiger partial charge in [0.15, 0.2) is 0 Å². The number of carbonyl (C=O) groups excluding carboxylic acids is 1. The molecule has 1 fully saturated rings. The predicted octanol–water partition coefficient (Wildman–Crippen LogP) is 3.69. The van der Waals surface area contributed by atoms with E-state index in [0.29, 0.717) is 23.2 Å². The number of hydrogen-bond donors (Lipinski definition) is 3. The van der Waals surface area contributed by atoms with Crippen LogP contribution in [-0.4, -0.2) is 33.0 Å². The molecule has 1 heterocycles. The van der Waals surface area contributed by atoms with Crippen LogP contribution in [0.4, 0.5) is 0 Å². The molecule has 1 aromatic carbocycles. The minimum atomic E-state index is -1.06. The van der Waals surface area contributed by atoms with Gasteiger partial charge in [0.1, 0.15) is 11.9 Å². The van der Waals surface area contributed by atoms with Gasteiger partial charge in [0.05, 0.1) is 11.0 Å². The second-order valence-corrected chi connectivity index (χ2v) is 7.51. The highest BCUT2D eigenvalue weighted by atomic mass is 35.5. The zero-order valence-corrected chi connectivity index (χ0v) is 15.4. The van der Waals surface area contributed by atoms with Crippen LogP contribution < -0.4 is 5.32 Å². The molecule has 0 bridgehead atoms. The third-order valence-electron chi connectivity index (χ3n) is 4.97. The van der Waals surface area contributed by atoms with Crippen LogP contribution in [0.2, 0.25) is 5.02 Å². The molecule has 1 amide bonds. The molecule has 0 unspecified atom stereocenters. The van der Waals surface area contributed by atoms with Crippen molar-refractivity contribution in [3.63, 3.8) is 0 Å². The van der Waals surface area contributed by atoms with Gasteiger partial charge in [-0.15, -0.1) is 0 Å². The van der Waals surface area contributed by atoms with Crippen molar-refractivity contribution < 1.29 is 14.7 Å². The zero-order chi connectivity index (χ0) is 18.5. The fraction of sp³-hybridized carbons (Fsp3) is 0.526. The predicted molar refractivity (Wildman–Crippen MR) is 100 cm³/mol. The number of H-pyrrole nitrogens is 1. The molecule has 6 nitrogen and oxygen atoms in total. The number of carbonyl (C=O) groups is 2. The Kier molecular flexibility index (Phi) is 6.14. The Morgan fingerprint density at radius 2 is 2.00 bits per heavy atom. The standard InChI is InChI=1S/C19H24ClN3O3/c20-13-7-8-14-15(10-13)22-17(21-14)11-16(19(25)26)23-18(24)9-12-5-3-1-2-4-6-12/h7-8,10,12,16H,1-6,9,11H2,(H,21,22)(H,23,24)(H,25,26)/t16-/m1/s1. The molecule has 2 aromatic rings. The zero-order valence-electron chi connectivity index (χ0n) is 14.6. The van der Waals surface area contributed by atoms with E-state index in [9.17, 15) is 14.7 Å². The summed E-state index contributed by atoms with van der Waals surface area (Å²) in [6.45, 7) is 0. The minimum Gasteiger partial charge on any atom is -0.480 e. The molecule has 1 atom stereocenters. The quantitative estimate of drug-likeness (QED) is 0.669. The van der Waals surface area contributed by atoms with Gasteiger partial charge in [-0.25, -0.2) is 9.78 Å². The summed E-state index contributed by atoms with van der Waals surface area (Å²) in [4.78, 5) is 31.4. The Labute approximate surface area is 157 Å². The van der Waals surface area contributed by atoms with Crippen LogP contribution in [0.3, 0.4) is 0 Å². The van der Waals surface area contributed by atoms with Gasteiger partial charge in [0, 0.05) is 17.9 Å². The molecule has 3 rings (SSSR count). The molecule has 26 heavy (non-hydrogen) atoms. The molecule has 3 N–H and O–H groups in total. The van der Waals surface area contributed by atoms with Crippen LogP contribution in [-0.2, 0) is 16.0 Å². The van der Waals surface area contributed by atoms with Gasteiger partial charge in [-0.1, -0.05) is 37.3 Å². The SMILES string of the molecule is O=C(CC1CCCCCC1)N[C@H](Cc1nc2ccc(Cl)cc2[nH]1)C(=O)O. The Morgan fingerprint density at radius 3 is 2.69 bits per heavy atom. The first-order chi connectivity index (χ1) is 12.5. The number of aromatic amines is 1. The minimum absolute atomic E-state index is 0.109. The topological polar surface area (TPSA) is 95.1 Å². The molecule has 0 spiro atoms. The third-order valence-corrected chi connectivity index (χ3v) is 5.21. The number of carboxylic acids is 1. The van der Waals surface area contributed by atoms with Gasteiger partial charge >= 0.3 is 5.97 Å². The maximum absolute atomic E-state index is 12.3. The summed E-state index contributed by atoms with van der Waals surface area (Å²) >= 11 is 5.96. The lowest BCUT2D eigenvalue weighted by atomic mass is 9.96. The van der Waals surface area contributed by atoms with Gasteiger partial charge in [-0.2, -0.15) is 0 Å². The van der Waals surface area contributed by atoms with E-state index < -0.39 is 12.0 Å². The van der Waals surface area contributed by atoms with Crippen molar-refractivity contribution in [1.82, 2.24) is 15.3 Å². The summed E-state index contributed by atoms with van der Waals surface area (Å²) in [7, 11) is 0. The fourth-order valence-corrected chi connectivity index (χ4v) is 3.78. The van der Waals surface area contributed by atoms with Crippen LogP contribution in [0.15, 0.2) is 18.2 Å². The van der Waals surface area contributed by atoms with E-state index in [-0.39, 0.29) is 12.3 Å². The highest BCUT2D eigenvalue weighted by Crippen LogP contribution is 2.25. The summed E-state index contributed by atoms with van der Waals surface area (Å²) in [6, 6.07) is 4.26. The number of aliphatic carboxylic acids is 1. The fourth-order valence-electron chi connectivity index (χ4n) is 3.61. The first kappa shape index (κ1) is 18.7. The number of rotatable bonds is 6. The number of nitrogens with one attached hydrogen (secondary N) is 2. The maximum Gasteiger partial charge on any atom is 0.326 e. The van der Waals surface area contributed by atoms with E-state index in [2.05, 4.69) is 15.3 Å². The number of hydrogen-bond acceptors (Lipinski definition) is 3. The maximum atomic E-state index is 12.3. The Bertz CT molecular complexity index is 781. The average Bonchev–Trinajstić information content (AvgIpc) is 2.80. The van der Waals surface area contributed by atoms with Gasteiger partial charge in [-0.05, 0) is 37.0 Å². The third kappa shape index (κ3) is 4.97. The van der Waals surface area contributed by atoms with E-state index >= 15 is 0 Å². The molecular formula is C19H24ClN3O3. The average molecular weight is 378 g/mol. The molecule has 1 aliphatic carbocycles. The van der Waals surface area contributed by atoms with E-state index in [1.54, 1.807) is 18.2 Å². The van der Waals surface area contributed by atoms with E-state index in [0.717, 1.165) is 36.7 Å². The number of halogens is 1. The molecule has 1 aliphatic rings. The molecule has 140 valence electrons. The number of carboxylic acid groups (broad SMARTS) is 1. The second kappa shape index (κ2) is 8.54. The molecule has 1 aromatic heterocycles. The van der Waals surface area contributed by atoms with E-state index in [1.807, 2.05) is 0 Å². The van der Waals surface area contributed by atoms with Crippen molar-refractivity contribution in [3.8, 4) is 0 Å². The van der Waals surface area contributed by atoms with E-state index in [1.165, 1.54) is 12.8 Å². The largest absolute Gasteiger partial charge is 0.480 e. The van der Waals surface area contributed by atoms with Crippen molar-refractivity contribution in [2.75, 3.05) is 0 Å². The smallest absolute Gasteiger partial charge is 0.326 e. The van der Waals surface area contributed by atoms with Crippen LogP contribution in [0.1, 0.15) is 50.8 Å². The number of fused-ring (bicyclic) bond motifs is 1. The van der Waals surface area contributed by atoms with Gasteiger partial charge in [-0.3, -0.25) is 4.79 Å². The summed E-state index contributed by atoms with van der Waals surface area (Å²) in [5.41, 5.74) is 1.47. The van der Waals surface area contributed by atoms with E-state index in [4.69, 9.17) is 11.6 Å². The number of aromatic nitrogens is 2. The second-order valence-electron chi connectivity index (χ2n) is 7.07. The van der Waals surface area contributed by atoms with Crippen molar-refractivity contribution >= 4 is 34.5 Å². The Balaban J connectivity index is 1.62. The van der Waals surface area contributed by atoms with Gasteiger partial charge in [0.25, 0.3) is 0 Å². The van der Waals surface area contributed by atoms with Crippen LogP contribution in [0.5, 0.6) is 0 Å². The van der Waals surface area contributed by atoms with Crippen molar-refractivity contribution in [2.24, 2.45) is 5.92 Å². The molecule has 0 radical (unpaired) electrons. The summed E-state index contributed by atoms with van der Waals surface area (Å²) in [6.07, 6.45) is 7.38. The number of nitrogens with zero attached hydrogens (tertiary/aromatic N) is 1. The number of amides is 1. The van der Waals surface area contributed by atoms with Crippen molar-refractivity contribution in [3.05, 3.63) is 29.0 Å². The molecule has 0 aliphatic heterocycles. The van der Waals surface area contributed by atoms with Crippen molar-refractivity contribution in [2.45, 2.75) is 57.4 Å². The molecule has 1 saturated carbocycles.